The van der Waals surface area contributed by atoms with Gasteiger partial charge in [-0.05, 0) is 94.3 Å². The van der Waals surface area contributed by atoms with Crippen molar-refractivity contribution in [2.45, 2.75) is 58.8 Å². The van der Waals surface area contributed by atoms with Crippen LogP contribution in [0.25, 0.3) is 0 Å². The molecule has 1 atom stereocenters. The monoisotopic (exact) mass is 395 g/mol. The molecule has 0 radical (unpaired) electrons. The molecule has 0 bridgehead atoms. The van der Waals surface area contributed by atoms with Crippen LogP contribution in [0.1, 0.15) is 47.1 Å². The Bertz CT molecular complexity index is 768. The van der Waals surface area contributed by atoms with Gasteiger partial charge in [0.15, 0.2) is 0 Å². The lowest BCUT2D eigenvalue weighted by Gasteiger charge is -2.23. The highest BCUT2D eigenvalue weighted by atomic mass is 32.2. The van der Waals surface area contributed by atoms with Crippen molar-refractivity contribution in [2.75, 3.05) is 26.2 Å². The third kappa shape index (κ3) is 5.30. The molecule has 1 aromatic carbocycles. The summed E-state index contributed by atoms with van der Waals surface area (Å²) in [6.45, 7) is 12.3. The zero-order chi connectivity index (χ0) is 20.2. The molecule has 6 nitrogen and oxygen atoms in total. The van der Waals surface area contributed by atoms with E-state index < -0.39 is 10.0 Å². The lowest BCUT2D eigenvalue weighted by molar-refractivity contribution is -0.121. The fourth-order valence-corrected chi connectivity index (χ4v) is 5.31. The van der Waals surface area contributed by atoms with Gasteiger partial charge in [-0.15, -0.1) is 0 Å². The van der Waals surface area contributed by atoms with E-state index >= 15 is 0 Å². The van der Waals surface area contributed by atoms with Crippen molar-refractivity contribution in [2.24, 2.45) is 5.92 Å². The van der Waals surface area contributed by atoms with Crippen molar-refractivity contribution in [1.29, 1.82) is 0 Å². The van der Waals surface area contributed by atoms with Gasteiger partial charge in [0.25, 0.3) is 0 Å². The molecule has 1 amide bonds. The van der Waals surface area contributed by atoms with Gasteiger partial charge in [-0.3, -0.25) is 4.79 Å². The van der Waals surface area contributed by atoms with E-state index in [-0.39, 0.29) is 18.9 Å². The van der Waals surface area contributed by atoms with E-state index in [0.717, 1.165) is 53.7 Å². The van der Waals surface area contributed by atoms with Crippen LogP contribution in [-0.2, 0) is 14.8 Å². The first-order chi connectivity index (χ1) is 12.6. The first kappa shape index (κ1) is 21.9. The molecule has 3 N–H and O–H groups in total. The molecule has 0 aliphatic carbocycles. The van der Waals surface area contributed by atoms with E-state index in [4.69, 9.17) is 0 Å². The summed E-state index contributed by atoms with van der Waals surface area (Å²) in [5, 5.41) is 6.23. The van der Waals surface area contributed by atoms with E-state index in [0.29, 0.717) is 17.4 Å². The maximum absolute atomic E-state index is 12.8. The van der Waals surface area contributed by atoms with Crippen LogP contribution in [0.4, 0.5) is 0 Å². The van der Waals surface area contributed by atoms with Gasteiger partial charge in [0.2, 0.25) is 15.9 Å². The maximum Gasteiger partial charge on any atom is 0.241 e. The molecule has 1 aliphatic heterocycles. The maximum atomic E-state index is 12.8. The third-order valence-electron chi connectivity index (χ3n) is 5.83. The topological polar surface area (TPSA) is 87.3 Å². The summed E-state index contributed by atoms with van der Waals surface area (Å²) < 4.78 is 28.2. The molecule has 1 unspecified atom stereocenters. The second-order valence-corrected chi connectivity index (χ2v) is 9.32. The lowest BCUT2D eigenvalue weighted by Crippen LogP contribution is -2.39. The van der Waals surface area contributed by atoms with E-state index in [1.54, 1.807) is 0 Å². The largest absolute Gasteiger partial charge is 0.356 e. The van der Waals surface area contributed by atoms with Crippen molar-refractivity contribution in [3.63, 3.8) is 0 Å². The molecule has 1 heterocycles. The Morgan fingerprint density at radius 3 is 2.19 bits per heavy atom. The summed E-state index contributed by atoms with van der Waals surface area (Å²) in [6.07, 6.45) is 2.39. The van der Waals surface area contributed by atoms with Crippen LogP contribution < -0.4 is 15.4 Å². The molecule has 1 aliphatic rings. The number of sulfonamides is 1. The fraction of sp³-hybridized carbons (Fsp3) is 0.650. The predicted molar refractivity (Wildman–Crippen MR) is 109 cm³/mol. The van der Waals surface area contributed by atoms with Gasteiger partial charge < -0.3 is 10.6 Å². The number of hydrogen-bond acceptors (Lipinski definition) is 4. The van der Waals surface area contributed by atoms with Gasteiger partial charge in [-0.25, -0.2) is 13.1 Å². The van der Waals surface area contributed by atoms with Crippen LogP contribution in [0.15, 0.2) is 4.90 Å². The molecule has 1 saturated heterocycles. The van der Waals surface area contributed by atoms with Crippen LogP contribution in [0.3, 0.4) is 0 Å². The third-order valence-corrected chi connectivity index (χ3v) is 7.56. The van der Waals surface area contributed by atoms with Crippen molar-refractivity contribution in [3.8, 4) is 0 Å². The van der Waals surface area contributed by atoms with Gasteiger partial charge in [-0.2, -0.15) is 0 Å². The fourth-order valence-electron chi connectivity index (χ4n) is 3.68. The summed E-state index contributed by atoms with van der Waals surface area (Å²) in [6, 6.07) is 0. The highest BCUT2D eigenvalue weighted by Crippen LogP contribution is 2.29. The summed E-state index contributed by atoms with van der Waals surface area (Å²) in [5.74, 6) is 0.344. The Morgan fingerprint density at radius 2 is 1.63 bits per heavy atom. The molecule has 152 valence electrons. The highest BCUT2D eigenvalue weighted by molar-refractivity contribution is 7.89. The van der Waals surface area contributed by atoms with Crippen LogP contribution in [0, 0.1) is 40.5 Å². The number of hydrogen-bond donors (Lipinski definition) is 3. The van der Waals surface area contributed by atoms with E-state index in [2.05, 4.69) is 15.4 Å². The number of carbonyl (C=O) groups excluding carboxylic acids is 1. The predicted octanol–water partition coefficient (Wildman–Crippen LogP) is 2.01. The van der Waals surface area contributed by atoms with Gasteiger partial charge >= 0.3 is 0 Å². The van der Waals surface area contributed by atoms with Gasteiger partial charge in [0.1, 0.15) is 0 Å². The van der Waals surface area contributed by atoms with Gasteiger partial charge in [0, 0.05) is 19.5 Å². The average Bonchev–Trinajstić information content (AvgIpc) is 2.63. The Hall–Kier alpha value is -1.44. The number of amides is 1. The first-order valence-electron chi connectivity index (χ1n) is 9.69. The number of carbonyl (C=O) groups is 1. The molecular formula is C20H33N3O3S. The van der Waals surface area contributed by atoms with Crippen molar-refractivity contribution in [1.82, 2.24) is 15.4 Å². The molecule has 0 aromatic heterocycles. The zero-order valence-corrected chi connectivity index (χ0v) is 18.0. The molecule has 1 aromatic rings. The summed E-state index contributed by atoms with van der Waals surface area (Å²) in [5.41, 5.74) is 4.67. The van der Waals surface area contributed by atoms with E-state index in [1.165, 1.54) is 0 Å². The van der Waals surface area contributed by atoms with Crippen molar-refractivity contribution >= 4 is 15.9 Å². The van der Waals surface area contributed by atoms with Crippen LogP contribution in [-0.4, -0.2) is 40.5 Å². The Morgan fingerprint density at radius 1 is 1.04 bits per heavy atom. The summed E-state index contributed by atoms with van der Waals surface area (Å²) in [7, 11) is -3.65. The number of benzene rings is 1. The second kappa shape index (κ2) is 9.17. The smallest absolute Gasteiger partial charge is 0.241 e. The quantitative estimate of drug-likeness (QED) is 0.659. The van der Waals surface area contributed by atoms with Crippen LogP contribution >= 0.6 is 0 Å². The molecule has 7 heteroatoms. The number of nitrogens with one attached hydrogen (secondary N) is 3. The van der Waals surface area contributed by atoms with Crippen LogP contribution in [0.2, 0.25) is 0 Å². The van der Waals surface area contributed by atoms with Crippen molar-refractivity contribution < 1.29 is 13.2 Å². The Labute approximate surface area is 163 Å². The Kier molecular flexibility index (Phi) is 7.42. The highest BCUT2D eigenvalue weighted by Gasteiger charge is 2.23. The standard InChI is InChI=1S/C20H33N3O3S/c1-13-14(2)16(4)20(17(5)15(13)3)27(25,26)23-10-8-19(24)22-12-18-7-6-9-21-11-18/h18,21,23H,6-12H2,1-5H3,(H,22,24). The van der Waals surface area contributed by atoms with E-state index in [1.807, 2.05) is 34.6 Å². The van der Waals surface area contributed by atoms with E-state index in [9.17, 15) is 13.2 Å². The molecule has 2 rings (SSSR count). The van der Waals surface area contributed by atoms with Gasteiger partial charge in [0.05, 0.1) is 4.90 Å². The lowest BCUT2D eigenvalue weighted by atomic mass is 9.95. The molecular weight excluding hydrogens is 362 g/mol. The number of piperidine rings is 1. The molecule has 0 saturated carbocycles. The van der Waals surface area contributed by atoms with Crippen molar-refractivity contribution in [3.05, 3.63) is 27.8 Å². The normalized spacial score (nSPS) is 17.7. The van der Waals surface area contributed by atoms with Crippen LogP contribution in [0.5, 0.6) is 0 Å². The minimum absolute atomic E-state index is 0.0991. The number of rotatable bonds is 7. The second-order valence-electron chi connectivity index (χ2n) is 7.62. The summed E-state index contributed by atoms with van der Waals surface area (Å²) >= 11 is 0. The summed E-state index contributed by atoms with van der Waals surface area (Å²) in [4.78, 5) is 12.4. The molecule has 0 spiro atoms. The molecule has 1 fully saturated rings. The minimum atomic E-state index is -3.65. The zero-order valence-electron chi connectivity index (χ0n) is 17.2. The molecule has 27 heavy (non-hydrogen) atoms. The average molecular weight is 396 g/mol. The SMILES string of the molecule is Cc1c(C)c(C)c(S(=O)(=O)NCCC(=O)NCC2CCCNC2)c(C)c1C. The Balaban J connectivity index is 1.94. The minimum Gasteiger partial charge on any atom is -0.356 e. The first-order valence-corrected chi connectivity index (χ1v) is 11.2. The van der Waals surface area contributed by atoms with Gasteiger partial charge in [-0.1, -0.05) is 0 Å².